The summed E-state index contributed by atoms with van der Waals surface area (Å²) in [4.78, 5) is 0. The lowest BCUT2D eigenvalue weighted by Gasteiger charge is -2.21. The first-order valence-corrected chi connectivity index (χ1v) is 5.17. The molecule has 0 aromatic carbocycles. The Bertz CT molecular complexity index is 271. The Morgan fingerprint density at radius 2 is 2.15 bits per heavy atom. The van der Waals surface area contributed by atoms with Gasteiger partial charge in [-0.15, -0.1) is 0 Å². The molecule has 1 nitrogen and oxygen atoms in total. The molecule has 0 saturated carbocycles. The number of allylic oxidation sites excluding steroid dienone is 5. The Kier molecular flexibility index (Phi) is 2.65. The van der Waals surface area contributed by atoms with E-state index < -0.39 is 0 Å². The van der Waals surface area contributed by atoms with Crippen LogP contribution in [-0.2, 0) is 0 Å². The fraction of sp³-hybridized carbons (Fsp3) is 0.500. The van der Waals surface area contributed by atoms with Gasteiger partial charge in [-0.2, -0.15) is 0 Å². The van der Waals surface area contributed by atoms with Crippen molar-refractivity contribution < 1.29 is 0 Å². The second kappa shape index (κ2) is 3.93. The second-order valence-electron chi connectivity index (χ2n) is 3.92. The summed E-state index contributed by atoms with van der Waals surface area (Å²) in [5.74, 6) is 0. The van der Waals surface area contributed by atoms with E-state index in [0.29, 0.717) is 6.04 Å². The summed E-state index contributed by atoms with van der Waals surface area (Å²) >= 11 is 0. The van der Waals surface area contributed by atoms with E-state index in [9.17, 15) is 0 Å². The van der Waals surface area contributed by atoms with Crippen LogP contribution in [0, 0.1) is 0 Å². The van der Waals surface area contributed by atoms with Gasteiger partial charge in [0.05, 0.1) is 0 Å². The normalized spacial score (nSPS) is 28.2. The lowest BCUT2D eigenvalue weighted by Crippen LogP contribution is -2.22. The summed E-state index contributed by atoms with van der Waals surface area (Å²) < 4.78 is 0. The molecule has 2 N–H and O–H groups in total. The molecule has 2 aliphatic carbocycles. The zero-order valence-corrected chi connectivity index (χ0v) is 8.00. The summed E-state index contributed by atoms with van der Waals surface area (Å²) in [5, 5.41) is 0. The molecule has 0 aliphatic heterocycles. The third kappa shape index (κ3) is 2.10. The third-order valence-electron chi connectivity index (χ3n) is 2.88. The van der Waals surface area contributed by atoms with Gasteiger partial charge in [-0.25, -0.2) is 0 Å². The van der Waals surface area contributed by atoms with Crippen molar-refractivity contribution in [1.82, 2.24) is 0 Å². The minimum absolute atomic E-state index is 0.406. The Labute approximate surface area is 80.0 Å². The largest absolute Gasteiger partial charge is 0.327 e. The summed E-state index contributed by atoms with van der Waals surface area (Å²) in [6.07, 6.45) is 14.8. The highest BCUT2D eigenvalue weighted by molar-refractivity contribution is 5.37. The molecule has 13 heavy (non-hydrogen) atoms. The number of hydrogen-bond acceptors (Lipinski definition) is 1. The molecule has 0 bridgehead atoms. The van der Waals surface area contributed by atoms with E-state index in [1.165, 1.54) is 24.8 Å². The highest BCUT2D eigenvalue weighted by atomic mass is 14.6. The Hall–Kier alpha value is -0.820. The van der Waals surface area contributed by atoms with Crippen LogP contribution in [0.1, 0.15) is 32.1 Å². The second-order valence-corrected chi connectivity index (χ2v) is 3.92. The maximum atomic E-state index is 5.85. The predicted molar refractivity (Wildman–Crippen MR) is 56.4 cm³/mol. The fourth-order valence-corrected chi connectivity index (χ4v) is 2.02. The first kappa shape index (κ1) is 8.76. The number of nitrogens with two attached hydrogens (primary N) is 1. The van der Waals surface area contributed by atoms with Crippen molar-refractivity contribution in [2.24, 2.45) is 5.73 Å². The van der Waals surface area contributed by atoms with Gasteiger partial charge in [-0.3, -0.25) is 0 Å². The maximum absolute atomic E-state index is 5.85. The molecule has 2 aliphatic rings. The van der Waals surface area contributed by atoms with E-state index in [1.807, 2.05) is 0 Å². The first-order valence-electron chi connectivity index (χ1n) is 5.17. The SMILES string of the molecule is NC1CC=C(C2=CC=CCC2)CC1. The van der Waals surface area contributed by atoms with Gasteiger partial charge in [0.1, 0.15) is 0 Å². The Morgan fingerprint density at radius 3 is 2.77 bits per heavy atom. The molecule has 1 atom stereocenters. The van der Waals surface area contributed by atoms with Gasteiger partial charge in [-0.05, 0) is 43.3 Å². The molecule has 0 saturated heterocycles. The average molecular weight is 175 g/mol. The number of rotatable bonds is 1. The molecule has 0 aromatic heterocycles. The first-order chi connectivity index (χ1) is 6.36. The molecule has 0 spiro atoms. The average Bonchev–Trinajstić information content (AvgIpc) is 2.20. The van der Waals surface area contributed by atoms with E-state index >= 15 is 0 Å². The van der Waals surface area contributed by atoms with Crippen molar-refractivity contribution in [3.05, 3.63) is 35.5 Å². The predicted octanol–water partition coefficient (Wildman–Crippen LogP) is 2.70. The minimum Gasteiger partial charge on any atom is -0.327 e. The molecule has 0 heterocycles. The summed E-state index contributed by atoms with van der Waals surface area (Å²) in [7, 11) is 0. The van der Waals surface area contributed by atoms with Gasteiger partial charge in [0.25, 0.3) is 0 Å². The van der Waals surface area contributed by atoms with Crippen molar-refractivity contribution in [2.45, 2.75) is 38.1 Å². The van der Waals surface area contributed by atoms with E-state index in [-0.39, 0.29) is 0 Å². The molecular weight excluding hydrogens is 158 g/mol. The lowest BCUT2D eigenvalue weighted by atomic mass is 9.87. The smallest absolute Gasteiger partial charge is 0.00767 e. The van der Waals surface area contributed by atoms with Gasteiger partial charge < -0.3 is 5.73 Å². The Balaban J connectivity index is 2.08. The molecular formula is C12H17N. The van der Waals surface area contributed by atoms with E-state index in [4.69, 9.17) is 5.73 Å². The van der Waals surface area contributed by atoms with Crippen molar-refractivity contribution in [3.63, 3.8) is 0 Å². The van der Waals surface area contributed by atoms with Gasteiger partial charge >= 0.3 is 0 Å². The van der Waals surface area contributed by atoms with Gasteiger partial charge in [-0.1, -0.05) is 24.3 Å². The minimum atomic E-state index is 0.406. The monoisotopic (exact) mass is 175 g/mol. The van der Waals surface area contributed by atoms with Gasteiger partial charge in [0, 0.05) is 6.04 Å². The van der Waals surface area contributed by atoms with Crippen LogP contribution in [0.4, 0.5) is 0 Å². The van der Waals surface area contributed by atoms with Crippen LogP contribution >= 0.6 is 0 Å². The van der Waals surface area contributed by atoms with E-state index in [0.717, 1.165) is 12.8 Å². The quantitative estimate of drug-likeness (QED) is 0.651. The van der Waals surface area contributed by atoms with Crippen molar-refractivity contribution in [3.8, 4) is 0 Å². The highest BCUT2D eigenvalue weighted by Crippen LogP contribution is 2.28. The topological polar surface area (TPSA) is 26.0 Å². The lowest BCUT2D eigenvalue weighted by molar-refractivity contribution is 0.590. The number of hydrogen-bond donors (Lipinski definition) is 1. The molecule has 1 unspecified atom stereocenters. The van der Waals surface area contributed by atoms with E-state index in [1.54, 1.807) is 5.57 Å². The van der Waals surface area contributed by atoms with Gasteiger partial charge in [0.2, 0.25) is 0 Å². The van der Waals surface area contributed by atoms with Crippen LogP contribution in [0.5, 0.6) is 0 Å². The molecule has 70 valence electrons. The van der Waals surface area contributed by atoms with Gasteiger partial charge in [0.15, 0.2) is 0 Å². The Morgan fingerprint density at radius 1 is 1.23 bits per heavy atom. The molecule has 0 radical (unpaired) electrons. The molecule has 0 aromatic rings. The standard InChI is InChI=1S/C12H17N/c13-12-8-6-11(7-9-12)10-4-2-1-3-5-10/h1-2,4,6,12H,3,5,7-9,13H2. The zero-order valence-electron chi connectivity index (χ0n) is 8.00. The van der Waals surface area contributed by atoms with Crippen molar-refractivity contribution >= 4 is 0 Å². The molecule has 0 amide bonds. The van der Waals surface area contributed by atoms with Crippen molar-refractivity contribution in [1.29, 1.82) is 0 Å². The zero-order chi connectivity index (χ0) is 9.10. The van der Waals surface area contributed by atoms with Crippen LogP contribution in [0.3, 0.4) is 0 Å². The summed E-state index contributed by atoms with van der Waals surface area (Å²) in [6.45, 7) is 0. The van der Waals surface area contributed by atoms with Crippen molar-refractivity contribution in [2.75, 3.05) is 0 Å². The molecule has 1 heteroatoms. The summed E-state index contributed by atoms with van der Waals surface area (Å²) in [6, 6.07) is 0.406. The van der Waals surface area contributed by atoms with E-state index in [2.05, 4.69) is 24.3 Å². The molecule has 2 rings (SSSR count). The fourth-order valence-electron chi connectivity index (χ4n) is 2.02. The van der Waals surface area contributed by atoms with Crippen LogP contribution in [0.2, 0.25) is 0 Å². The third-order valence-corrected chi connectivity index (χ3v) is 2.88. The maximum Gasteiger partial charge on any atom is 0.00767 e. The van der Waals surface area contributed by atoms with Crippen LogP contribution in [-0.4, -0.2) is 6.04 Å². The van der Waals surface area contributed by atoms with Crippen LogP contribution in [0.15, 0.2) is 35.5 Å². The van der Waals surface area contributed by atoms with Crippen LogP contribution in [0.25, 0.3) is 0 Å². The van der Waals surface area contributed by atoms with Crippen LogP contribution < -0.4 is 5.73 Å². The highest BCUT2D eigenvalue weighted by Gasteiger charge is 2.13. The summed E-state index contributed by atoms with van der Waals surface area (Å²) in [5.41, 5.74) is 8.93. The molecule has 0 fully saturated rings.